The van der Waals surface area contributed by atoms with Crippen LogP contribution in [0.5, 0.6) is 0 Å². The van der Waals surface area contributed by atoms with Gasteiger partial charge < -0.3 is 15.5 Å². The number of nitrogens with zero attached hydrogens (tertiary/aromatic N) is 3. The number of hydrogen-bond acceptors (Lipinski definition) is 4. The van der Waals surface area contributed by atoms with Crippen LogP contribution in [0.2, 0.25) is 0 Å². The Morgan fingerprint density at radius 1 is 1.41 bits per heavy atom. The summed E-state index contributed by atoms with van der Waals surface area (Å²) in [5, 5.41) is 6.87. The molecule has 2 N–H and O–H groups in total. The van der Waals surface area contributed by atoms with E-state index in [4.69, 9.17) is 12.2 Å². The van der Waals surface area contributed by atoms with E-state index in [0.717, 1.165) is 24.6 Å². The molecule has 0 bridgehead atoms. The Kier molecular flexibility index (Phi) is 5.94. The smallest absolute Gasteiger partial charge is 0.231 e. The van der Waals surface area contributed by atoms with Crippen molar-refractivity contribution in [3.8, 4) is 0 Å². The zero-order valence-corrected chi connectivity index (χ0v) is 14.8. The fourth-order valence-corrected chi connectivity index (χ4v) is 2.81. The van der Waals surface area contributed by atoms with Crippen molar-refractivity contribution in [1.29, 1.82) is 0 Å². The van der Waals surface area contributed by atoms with Crippen molar-refractivity contribution in [3.63, 3.8) is 0 Å². The standard InChI is InChI=1S/C16H27N5S/c1-11(2)10-17-16(22)20-15-18-12(3)9-14(19-15)21-8-6-5-7-13(21)4/h9,11,13H,5-8,10H2,1-4H3,(H2,17,18,19,20,22)/t13-/m1/s1. The third-order valence-electron chi connectivity index (χ3n) is 3.83. The molecular weight excluding hydrogens is 294 g/mol. The third kappa shape index (κ3) is 4.80. The maximum Gasteiger partial charge on any atom is 0.231 e. The van der Waals surface area contributed by atoms with Gasteiger partial charge >= 0.3 is 0 Å². The van der Waals surface area contributed by atoms with Crippen LogP contribution in [0.4, 0.5) is 11.8 Å². The van der Waals surface area contributed by atoms with Crippen LogP contribution < -0.4 is 15.5 Å². The van der Waals surface area contributed by atoms with Crippen LogP contribution in [-0.4, -0.2) is 34.2 Å². The SMILES string of the molecule is Cc1cc(N2CCCC[C@H]2C)nc(NC(=S)NCC(C)C)n1. The molecule has 2 rings (SSSR count). The lowest BCUT2D eigenvalue weighted by Crippen LogP contribution is -2.38. The fourth-order valence-electron chi connectivity index (χ4n) is 2.64. The maximum atomic E-state index is 5.30. The topological polar surface area (TPSA) is 53.1 Å². The van der Waals surface area contributed by atoms with E-state index in [2.05, 4.69) is 52.3 Å². The van der Waals surface area contributed by atoms with Gasteiger partial charge in [0.15, 0.2) is 5.11 Å². The molecule has 1 aromatic rings. The lowest BCUT2D eigenvalue weighted by Gasteiger charge is -2.34. The summed E-state index contributed by atoms with van der Waals surface area (Å²) >= 11 is 5.30. The van der Waals surface area contributed by atoms with E-state index < -0.39 is 0 Å². The van der Waals surface area contributed by atoms with Gasteiger partial charge in [0.05, 0.1) is 0 Å². The second kappa shape index (κ2) is 7.72. The molecule has 0 amide bonds. The number of piperidine rings is 1. The first kappa shape index (κ1) is 16.9. The highest BCUT2D eigenvalue weighted by molar-refractivity contribution is 7.80. The van der Waals surface area contributed by atoms with Crippen LogP contribution in [0.15, 0.2) is 6.07 Å². The first-order valence-corrected chi connectivity index (χ1v) is 8.53. The molecule has 1 atom stereocenters. The molecular formula is C16H27N5S. The van der Waals surface area contributed by atoms with Gasteiger partial charge in [-0.2, -0.15) is 4.98 Å². The molecule has 1 aliphatic heterocycles. The Hall–Kier alpha value is -1.43. The average Bonchev–Trinajstić information content (AvgIpc) is 2.45. The molecule has 1 saturated heterocycles. The van der Waals surface area contributed by atoms with E-state index in [-0.39, 0.29) is 0 Å². The third-order valence-corrected chi connectivity index (χ3v) is 4.08. The highest BCUT2D eigenvalue weighted by atomic mass is 32.1. The van der Waals surface area contributed by atoms with Crippen molar-refractivity contribution in [3.05, 3.63) is 11.8 Å². The van der Waals surface area contributed by atoms with Gasteiger partial charge in [-0.25, -0.2) is 4.98 Å². The predicted molar refractivity (Wildman–Crippen MR) is 96.5 cm³/mol. The van der Waals surface area contributed by atoms with E-state index in [1.165, 1.54) is 19.3 Å². The van der Waals surface area contributed by atoms with Gasteiger partial charge in [-0.1, -0.05) is 13.8 Å². The molecule has 2 heterocycles. The molecule has 0 unspecified atom stereocenters. The molecule has 1 aromatic heterocycles. The van der Waals surface area contributed by atoms with Crippen molar-refractivity contribution < 1.29 is 0 Å². The number of thiocarbonyl (C=S) groups is 1. The first-order chi connectivity index (χ1) is 10.5. The van der Waals surface area contributed by atoms with E-state index in [0.29, 0.717) is 23.0 Å². The van der Waals surface area contributed by atoms with E-state index in [1.807, 2.05) is 6.92 Å². The minimum absolute atomic E-state index is 0.530. The summed E-state index contributed by atoms with van der Waals surface area (Å²) in [6.45, 7) is 10.5. The van der Waals surface area contributed by atoms with E-state index in [9.17, 15) is 0 Å². The lowest BCUT2D eigenvalue weighted by molar-refractivity contribution is 0.481. The summed E-state index contributed by atoms with van der Waals surface area (Å²) in [4.78, 5) is 11.5. The molecule has 6 heteroatoms. The Morgan fingerprint density at radius 2 is 2.18 bits per heavy atom. The van der Waals surface area contributed by atoms with E-state index in [1.54, 1.807) is 0 Å². The molecule has 0 saturated carbocycles. The number of aromatic nitrogens is 2. The molecule has 1 fully saturated rings. The van der Waals surface area contributed by atoms with Crippen LogP contribution in [0, 0.1) is 12.8 Å². The predicted octanol–water partition coefficient (Wildman–Crippen LogP) is 3.11. The van der Waals surface area contributed by atoms with Gasteiger partial charge in [-0.3, -0.25) is 0 Å². The Labute approximate surface area is 138 Å². The minimum atomic E-state index is 0.530. The molecule has 0 radical (unpaired) electrons. The molecule has 5 nitrogen and oxygen atoms in total. The Balaban J connectivity index is 2.07. The minimum Gasteiger partial charge on any atom is -0.362 e. The summed E-state index contributed by atoms with van der Waals surface area (Å²) in [6, 6.07) is 2.58. The van der Waals surface area contributed by atoms with E-state index >= 15 is 0 Å². The van der Waals surface area contributed by atoms with Gasteiger partial charge in [0.25, 0.3) is 0 Å². The summed E-state index contributed by atoms with van der Waals surface area (Å²) < 4.78 is 0. The van der Waals surface area contributed by atoms with Crippen LogP contribution >= 0.6 is 12.2 Å². The Bertz CT molecular complexity index is 517. The van der Waals surface area contributed by atoms with Crippen molar-refractivity contribution in [2.75, 3.05) is 23.3 Å². The molecule has 1 aliphatic rings. The number of aryl methyl sites for hydroxylation is 1. The summed E-state index contributed by atoms with van der Waals surface area (Å²) in [7, 11) is 0. The molecule has 0 aliphatic carbocycles. The summed E-state index contributed by atoms with van der Waals surface area (Å²) in [5.74, 6) is 2.12. The molecule has 0 aromatic carbocycles. The maximum absolute atomic E-state index is 5.30. The van der Waals surface area contributed by atoms with Gasteiger partial charge in [0, 0.05) is 30.9 Å². The second-order valence-electron chi connectivity index (χ2n) is 6.46. The van der Waals surface area contributed by atoms with Crippen molar-refractivity contribution in [2.45, 2.75) is 53.0 Å². The van der Waals surface area contributed by atoms with Gasteiger partial charge in [0.1, 0.15) is 5.82 Å². The zero-order chi connectivity index (χ0) is 16.1. The fraction of sp³-hybridized carbons (Fsp3) is 0.688. The second-order valence-corrected chi connectivity index (χ2v) is 6.87. The van der Waals surface area contributed by atoms with Crippen LogP contribution in [0.1, 0.15) is 45.7 Å². The largest absolute Gasteiger partial charge is 0.362 e. The number of hydrogen-bond donors (Lipinski definition) is 2. The summed E-state index contributed by atoms with van der Waals surface area (Å²) in [5.41, 5.74) is 0.955. The number of rotatable bonds is 4. The first-order valence-electron chi connectivity index (χ1n) is 8.13. The normalized spacial score (nSPS) is 18.4. The van der Waals surface area contributed by atoms with Crippen molar-refractivity contribution in [2.24, 2.45) is 5.92 Å². The van der Waals surface area contributed by atoms with Crippen LogP contribution in [-0.2, 0) is 0 Å². The monoisotopic (exact) mass is 321 g/mol. The van der Waals surface area contributed by atoms with Gasteiger partial charge in [-0.05, 0) is 51.2 Å². The highest BCUT2D eigenvalue weighted by Crippen LogP contribution is 2.24. The van der Waals surface area contributed by atoms with Crippen LogP contribution in [0.25, 0.3) is 0 Å². The average molecular weight is 321 g/mol. The lowest BCUT2D eigenvalue weighted by atomic mass is 10.0. The van der Waals surface area contributed by atoms with Crippen molar-refractivity contribution >= 4 is 29.1 Å². The zero-order valence-electron chi connectivity index (χ0n) is 14.0. The summed E-state index contributed by atoms with van der Waals surface area (Å²) in [6.07, 6.45) is 3.75. The molecule has 122 valence electrons. The molecule has 0 spiro atoms. The molecule has 22 heavy (non-hydrogen) atoms. The Morgan fingerprint density at radius 3 is 2.86 bits per heavy atom. The van der Waals surface area contributed by atoms with Crippen LogP contribution in [0.3, 0.4) is 0 Å². The van der Waals surface area contributed by atoms with Gasteiger partial charge in [-0.15, -0.1) is 0 Å². The highest BCUT2D eigenvalue weighted by Gasteiger charge is 2.20. The number of nitrogens with one attached hydrogen (secondary N) is 2. The number of anilines is 2. The van der Waals surface area contributed by atoms with Gasteiger partial charge in [0.2, 0.25) is 5.95 Å². The van der Waals surface area contributed by atoms with Crippen molar-refractivity contribution in [1.82, 2.24) is 15.3 Å². The quantitative estimate of drug-likeness (QED) is 0.831.